The molecule has 0 aliphatic heterocycles. The fourth-order valence-corrected chi connectivity index (χ4v) is 3.25. The van der Waals surface area contributed by atoms with Crippen LogP contribution >= 0.6 is 0 Å². The summed E-state index contributed by atoms with van der Waals surface area (Å²) in [6, 6.07) is 16.6. The molecule has 0 spiro atoms. The molecular formula is C21H15F3O. The van der Waals surface area contributed by atoms with Crippen LogP contribution in [-0.2, 0) is 10.2 Å². The molecule has 126 valence electrons. The van der Waals surface area contributed by atoms with Crippen molar-refractivity contribution >= 4 is 5.78 Å². The summed E-state index contributed by atoms with van der Waals surface area (Å²) in [7, 11) is 0. The normalized spacial score (nSPS) is 11.4. The topological polar surface area (TPSA) is 17.1 Å². The molecule has 0 aromatic heterocycles. The summed E-state index contributed by atoms with van der Waals surface area (Å²) >= 11 is 0. The van der Waals surface area contributed by atoms with E-state index < -0.39 is 22.9 Å². The van der Waals surface area contributed by atoms with Gasteiger partial charge in [-0.15, -0.1) is 0 Å². The maximum atomic E-state index is 13.9. The van der Waals surface area contributed by atoms with Crippen molar-refractivity contribution in [3.8, 4) is 0 Å². The number of Topliss-reactive ketones (excluding diaryl/α,β-unsaturated/α-hetero) is 1. The van der Waals surface area contributed by atoms with Crippen molar-refractivity contribution in [3.63, 3.8) is 0 Å². The first-order chi connectivity index (χ1) is 11.9. The molecule has 0 saturated heterocycles. The van der Waals surface area contributed by atoms with Gasteiger partial charge in [-0.25, -0.2) is 13.2 Å². The minimum absolute atomic E-state index is 0.324. The molecule has 1 nitrogen and oxygen atoms in total. The number of hydrogen-bond donors (Lipinski definition) is 0. The summed E-state index contributed by atoms with van der Waals surface area (Å²) in [5.41, 5.74) is -0.273. The van der Waals surface area contributed by atoms with Crippen LogP contribution in [0.1, 0.15) is 23.6 Å². The predicted molar refractivity (Wildman–Crippen MR) is 89.8 cm³/mol. The second-order valence-corrected chi connectivity index (χ2v) is 5.83. The van der Waals surface area contributed by atoms with E-state index in [0.717, 1.165) is 0 Å². The number of ketones is 1. The summed E-state index contributed by atoms with van der Waals surface area (Å²) in [6.45, 7) is 1.36. The predicted octanol–water partition coefficient (Wildman–Crippen LogP) is 5.03. The molecule has 0 aliphatic rings. The minimum Gasteiger partial charge on any atom is -0.298 e. The molecule has 3 rings (SSSR count). The Morgan fingerprint density at radius 1 is 0.680 bits per heavy atom. The summed E-state index contributed by atoms with van der Waals surface area (Å²) < 4.78 is 41.2. The van der Waals surface area contributed by atoms with Crippen LogP contribution in [0.15, 0.2) is 72.8 Å². The molecule has 0 atom stereocenters. The van der Waals surface area contributed by atoms with E-state index in [1.807, 2.05) is 0 Å². The van der Waals surface area contributed by atoms with E-state index in [9.17, 15) is 18.0 Å². The lowest BCUT2D eigenvalue weighted by Crippen LogP contribution is -2.37. The first-order valence-electron chi connectivity index (χ1n) is 7.74. The van der Waals surface area contributed by atoms with Gasteiger partial charge in [-0.3, -0.25) is 4.79 Å². The SMILES string of the molecule is CC(=O)C(c1ccc(F)cc1)(c1cccc(F)c1)c1cccc(F)c1. The zero-order valence-electron chi connectivity index (χ0n) is 13.5. The van der Waals surface area contributed by atoms with Crippen LogP contribution in [0, 0.1) is 17.5 Å². The molecule has 0 amide bonds. The Labute approximate surface area is 143 Å². The van der Waals surface area contributed by atoms with E-state index in [4.69, 9.17) is 0 Å². The molecule has 0 saturated carbocycles. The highest BCUT2D eigenvalue weighted by molar-refractivity contribution is 5.96. The van der Waals surface area contributed by atoms with Gasteiger partial charge in [0.15, 0.2) is 0 Å². The van der Waals surface area contributed by atoms with Crippen LogP contribution in [0.4, 0.5) is 13.2 Å². The second-order valence-electron chi connectivity index (χ2n) is 5.83. The zero-order chi connectivity index (χ0) is 18.0. The molecule has 25 heavy (non-hydrogen) atoms. The van der Waals surface area contributed by atoms with Crippen molar-refractivity contribution in [3.05, 3.63) is 107 Å². The van der Waals surface area contributed by atoms with Gasteiger partial charge in [0.05, 0.1) is 0 Å². The van der Waals surface area contributed by atoms with E-state index >= 15 is 0 Å². The second kappa shape index (κ2) is 6.55. The quantitative estimate of drug-likeness (QED) is 0.609. The Morgan fingerprint density at radius 2 is 1.16 bits per heavy atom. The molecule has 3 aromatic carbocycles. The van der Waals surface area contributed by atoms with Crippen molar-refractivity contribution in [2.24, 2.45) is 0 Å². The molecule has 0 radical (unpaired) electrons. The third-order valence-corrected chi connectivity index (χ3v) is 4.32. The van der Waals surface area contributed by atoms with Crippen molar-refractivity contribution in [2.45, 2.75) is 12.3 Å². The van der Waals surface area contributed by atoms with E-state index in [-0.39, 0.29) is 5.78 Å². The van der Waals surface area contributed by atoms with Crippen LogP contribution in [0.3, 0.4) is 0 Å². The summed E-state index contributed by atoms with van der Waals surface area (Å²) in [4.78, 5) is 12.8. The third-order valence-electron chi connectivity index (χ3n) is 4.32. The van der Waals surface area contributed by atoms with Crippen LogP contribution in [0.25, 0.3) is 0 Å². The van der Waals surface area contributed by atoms with Crippen molar-refractivity contribution < 1.29 is 18.0 Å². The van der Waals surface area contributed by atoms with Gasteiger partial charge in [0.1, 0.15) is 28.6 Å². The monoisotopic (exact) mass is 340 g/mol. The Kier molecular flexibility index (Phi) is 4.45. The highest BCUT2D eigenvalue weighted by Gasteiger charge is 2.41. The number of rotatable bonds is 4. The number of carbonyl (C=O) groups is 1. The van der Waals surface area contributed by atoms with Gasteiger partial charge in [-0.1, -0.05) is 36.4 Å². The lowest BCUT2D eigenvalue weighted by atomic mass is 9.67. The van der Waals surface area contributed by atoms with Gasteiger partial charge in [0.2, 0.25) is 0 Å². The maximum absolute atomic E-state index is 13.9. The smallest absolute Gasteiger partial charge is 0.149 e. The first kappa shape index (κ1) is 17.0. The van der Waals surface area contributed by atoms with Crippen LogP contribution in [-0.4, -0.2) is 5.78 Å². The molecule has 0 fully saturated rings. The lowest BCUT2D eigenvalue weighted by Gasteiger charge is -2.33. The molecule has 3 aromatic rings. The Bertz CT molecular complexity index is 871. The van der Waals surface area contributed by atoms with Crippen LogP contribution in [0.2, 0.25) is 0 Å². The van der Waals surface area contributed by atoms with Gasteiger partial charge >= 0.3 is 0 Å². The fourth-order valence-electron chi connectivity index (χ4n) is 3.25. The number of hydrogen-bond acceptors (Lipinski definition) is 1. The Hall–Kier alpha value is -2.88. The Morgan fingerprint density at radius 3 is 1.56 bits per heavy atom. The average molecular weight is 340 g/mol. The van der Waals surface area contributed by atoms with Crippen molar-refractivity contribution in [1.82, 2.24) is 0 Å². The van der Waals surface area contributed by atoms with Crippen molar-refractivity contribution in [2.75, 3.05) is 0 Å². The van der Waals surface area contributed by atoms with E-state index in [1.54, 1.807) is 12.1 Å². The number of carbonyl (C=O) groups excluding carboxylic acids is 1. The molecule has 4 heteroatoms. The van der Waals surface area contributed by atoms with Gasteiger partial charge in [0.25, 0.3) is 0 Å². The van der Waals surface area contributed by atoms with E-state index in [2.05, 4.69) is 0 Å². The molecule has 0 unspecified atom stereocenters. The molecule has 0 bridgehead atoms. The molecule has 0 aliphatic carbocycles. The van der Waals surface area contributed by atoms with Crippen LogP contribution < -0.4 is 0 Å². The summed E-state index contributed by atoms with van der Waals surface area (Å²) in [5, 5.41) is 0. The largest absolute Gasteiger partial charge is 0.298 e. The maximum Gasteiger partial charge on any atom is 0.149 e. The highest BCUT2D eigenvalue weighted by atomic mass is 19.1. The standard InChI is InChI=1S/C21H15F3O/c1-14(25)21(15-8-10-18(22)11-9-15,16-4-2-6-19(23)12-16)17-5-3-7-20(24)13-17/h2-13H,1H3. The van der Waals surface area contributed by atoms with Gasteiger partial charge in [-0.05, 0) is 60.0 Å². The Balaban J connectivity index is 2.40. The van der Waals surface area contributed by atoms with E-state index in [1.165, 1.54) is 67.6 Å². The number of benzene rings is 3. The van der Waals surface area contributed by atoms with Gasteiger partial charge in [-0.2, -0.15) is 0 Å². The third kappa shape index (κ3) is 2.95. The number of halogens is 3. The molecule has 0 heterocycles. The van der Waals surface area contributed by atoms with Crippen LogP contribution in [0.5, 0.6) is 0 Å². The lowest BCUT2D eigenvalue weighted by molar-refractivity contribution is -0.119. The first-order valence-corrected chi connectivity index (χ1v) is 7.74. The molecule has 0 N–H and O–H groups in total. The van der Waals surface area contributed by atoms with Gasteiger partial charge in [0, 0.05) is 0 Å². The van der Waals surface area contributed by atoms with Gasteiger partial charge < -0.3 is 0 Å². The highest BCUT2D eigenvalue weighted by Crippen LogP contribution is 2.40. The van der Waals surface area contributed by atoms with E-state index in [0.29, 0.717) is 16.7 Å². The fraction of sp³-hybridized carbons (Fsp3) is 0.0952. The van der Waals surface area contributed by atoms with Crippen molar-refractivity contribution in [1.29, 1.82) is 0 Å². The zero-order valence-corrected chi connectivity index (χ0v) is 13.5. The average Bonchev–Trinajstić information content (AvgIpc) is 2.57. The minimum atomic E-state index is -1.43. The molecular weight excluding hydrogens is 325 g/mol. The summed E-state index contributed by atoms with van der Waals surface area (Å²) in [6.07, 6.45) is 0. The summed E-state index contributed by atoms with van der Waals surface area (Å²) in [5.74, 6) is -1.81.